The summed E-state index contributed by atoms with van der Waals surface area (Å²) in [5.41, 5.74) is 0.568. The number of carbonyl (C=O) groups excluding carboxylic acids is 1. The fraction of sp³-hybridized carbons (Fsp3) is 0.769. The van der Waals surface area contributed by atoms with Crippen LogP contribution in [-0.2, 0) is 4.79 Å². The Labute approximate surface area is 228 Å². The monoisotopic (exact) mass is 540 g/mol. The molecular weight excluding hydrogens is 500 g/mol. The molecule has 0 unspecified atom stereocenters. The number of likely N-dealkylation sites (N-methyl/N-ethyl adjacent to an activating group) is 1. The lowest BCUT2D eigenvalue weighted by Gasteiger charge is -2.44. The Bertz CT molecular complexity index is 1060. The summed E-state index contributed by atoms with van der Waals surface area (Å²) >= 11 is 1.42. The third-order valence-corrected chi connectivity index (χ3v) is 10.1. The maximum Gasteiger partial charge on any atom is 0.243 e. The van der Waals surface area contributed by atoms with E-state index in [9.17, 15) is 4.79 Å². The first kappa shape index (κ1) is 25.8. The molecule has 4 fully saturated rings. The van der Waals surface area contributed by atoms with Crippen molar-refractivity contribution in [2.75, 3.05) is 61.8 Å². The second kappa shape index (κ2) is 11.4. The van der Waals surface area contributed by atoms with Gasteiger partial charge in [0.15, 0.2) is 5.82 Å². The van der Waals surface area contributed by atoms with Gasteiger partial charge in [0.1, 0.15) is 6.33 Å². The number of hydrogen-bond donors (Lipinski definition) is 2. The van der Waals surface area contributed by atoms with E-state index in [1.165, 1.54) is 56.2 Å². The molecule has 6 rings (SSSR count). The van der Waals surface area contributed by atoms with Gasteiger partial charge in [-0.15, -0.1) is 20.4 Å². The van der Waals surface area contributed by atoms with Crippen LogP contribution in [-0.4, -0.2) is 99.5 Å². The largest absolute Gasteiger partial charge is 0.355 e. The molecule has 38 heavy (non-hydrogen) atoms. The molecule has 2 atom stereocenters. The molecule has 2 saturated carbocycles. The standard InChI is InChI=1S/C26H40N10OS/c1-34-12-14-35(15-13-34)22(19-4-9-26(10-5-19)7-2-3-8-26)23(37)30-25-33-32-24(38-25)29-20-6-11-36(17-20)21-16-27-18-28-31-21/h16,18-20,22H,2-15,17H2,1H3,(H,29,32)(H,30,33,37)/t20-,22-/m1/s1. The van der Waals surface area contributed by atoms with Crippen LogP contribution in [0.4, 0.5) is 16.1 Å². The number of hydrogen-bond acceptors (Lipinski definition) is 11. The van der Waals surface area contributed by atoms with Crippen molar-refractivity contribution in [1.29, 1.82) is 0 Å². The molecule has 2 saturated heterocycles. The van der Waals surface area contributed by atoms with E-state index in [4.69, 9.17) is 0 Å². The first-order chi connectivity index (χ1) is 18.6. The number of nitrogens with zero attached hydrogens (tertiary/aromatic N) is 8. The number of aromatic nitrogens is 5. The number of amides is 1. The highest BCUT2D eigenvalue weighted by Gasteiger charge is 2.43. The van der Waals surface area contributed by atoms with E-state index in [1.54, 1.807) is 6.20 Å². The molecule has 4 heterocycles. The summed E-state index contributed by atoms with van der Waals surface area (Å²) in [6, 6.07) is 0.142. The smallest absolute Gasteiger partial charge is 0.243 e. The summed E-state index contributed by atoms with van der Waals surface area (Å²) in [5.74, 6) is 1.29. The summed E-state index contributed by atoms with van der Waals surface area (Å²) in [5, 5.41) is 24.7. The first-order valence-corrected chi connectivity index (χ1v) is 15.1. The molecule has 0 aromatic carbocycles. The Hall–Kier alpha value is -2.44. The summed E-state index contributed by atoms with van der Waals surface area (Å²) in [7, 11) is 2.17. The molecule has 2 aromatic rings. The van der Waals surface area contributed by atoms with E-state index in [2.05, 4.69) is 57.8 Å². The molecular formula is C26H40N10OS. The van der Waals surface area contributed by atoms with Crippen molar-refractivity contribution >= 4 is 33.3 Å². The molecule has 1 spiro atoms. The molecule has 1 amide bonds. The van der Waals surface area contributed by atoms with E-state index in [0.29, 0.717) is 16.5 Å². The van der Waals surface area contributed by atoms with Crippen LogP contribution in [0, 0.1) is 11.3 Å². The highest BCUT2D eigenvalue weighted by Crippen LogP contribution is 2.51. The third kappa shape index (κ3) is 5.76. The van der Waals surface area contributed by atoms with Gasteiger partial charge in [0.05, 0.1) is 12.2 Å². The van der Waals surface area contributed by atoms with Gasteiger partial charge in [-0.3, -0.25) is 15.0 Å². The number of nitrogens with one attached hydrogen (secondary N) is 2. The minimum atomic E-state index is -0.0910. The van der Waals surface area contributed by atoms with Gasteiger partial charge in [-0.2, -0.15) is 0 Å². The van der Waals surface area contributed by atoms with E-state index in [1.807, 2.05) is 0 Å². The number of anilines is 3. The zero-order valence-electron chi connectivity index (χ0n) is 22.4. The van der Waals surface area contributed by atoms with Crippen molar-refractivity contribution in [3.63, 3.8) is 0 Å². The van der Waals surface area contributed by atoms with Crippen LogP contribution in [0.2, 0.25) is 0 Å². The highest BCUT2D eigenvalue weighted by molar-refractivity contribution is 7.19. The zero-order valence-corrected chi connectivity index (χ0v) is 23.2. The molecule has 0 bridgehead atoms. The van der Waals surface area contributed by atoms with Crippen molar-refractivity contribution in [3.05, 3.63) is 12.5 Å². The predicted molar refractivity (Wildman–Crippen MR) is 148 cm³/mol. The lowest BCUT2D eigenvalue weighted by Crippen LogP contribution is -2.56. The van der Waals surface area contributed by atoms with Gasteiger partial charge >= 0.3 is 0 Å². The first-order valence-electron chi connectivity index (χ1n) is 14.3. The van der Waals surface area contributed by atoms with E-state index < -0.39 is 0 Å². The van der Waals surface area contributed by atoms with Gasteiger partial charge in [-0.1, -0.05) is 24.2 Å². The molecule has 11 nitrogen and oxygen atoms in total. The van der Waals surface area contributed by atoms with Crippen LogP contribution in [0.25, 0.3) is 0 Å². The average molecular weight is 541 g/mol. The topological polar surface area (TPSA) is 115 Å². The van der Waals surface area contributed by atoms with Gasteiger partial charge in [-0.25, -0.2) is 4.98 Å². The summed E-state index contributed by atoms with van der Waals surface area (Å²) in [6.45, 7) is 5.59. The Balaban J connectivity index is 1.08. The van der Waals surface area contributed by atoms with Crippen molar-refractivity contribution in [2.24, 2.45) is 11.3 Å². The van der Waals surface area contributed by atoms with Crippen LogP contribution < -0.4 is 15.5 Å². The zero-order chi connectivity index (χ0) is 26.0. The molecule has 12 heteroatoms. The Kier molecular flexibility index (Phi) is 7.71. The van der Waals surface area contributed by atoms with Gasteiger partial charge < -0.3 is 15.1 Å². The fourth-order valence-corrected chi connectivity index (χ4v) is 7.85. The van der Waals surface area contributed by atoms with Gasteiger partial charge in [0.2, 0.25) is 16.2 Å². The summed E-state index contributed by atoms with van der Waals surface area (Å²) in [4.78, 5) is 24.8. The van der Waals surface area contributed by atoms with Crippen molar-refractivity contribution < 1.29 is 4.79 Å². The van der Waals surface area contributed by atoms with Crippen LogP contribution in [0.1, 0.15) is 57.8 Å². The molecule has 0 radical (unpaired) electrons. The highest BCUT2D eigenvalue weighted by atomic mass is 32.1. The lowest BCUT2D eigenvalue weighted by molar-refractivity contribution is -0.125. The van der Waals surface area contributed by atoms with Crippen LogP contribution in [0.15, 0.2) is 12.5 Å². The summed E-state index contributed by atoms with van der Waals surface area (Å²) < 4.78 is 0. The average Bonchev–Trinajstić information content (AvgIpc) is 3.70. The van der Waals surface area contributed by atoms with Gasteiger partial charge in [-0.05, 0) is 63.3 Å². The van der Waals surface area contributed by atoms with Gasteiger partial charge in [0, 0.05) is 45.3 Å². The van der Waals surface area contributed by atoms with E-state index in [0.717, 1.165) is 69.5 Å². The second-order valence-electron chi connectivity index (χ2n) is 11.8. The number of piperazine rings is 1. The normalized spacial score (nSPS) is 25.6. The third-order valence-electron chi connectivity index (χ3n) is 9.37. The molecule has 2 N–H and O–H groups in total. The maximum absolute atomic E-state index is 13.8. The number of rotatable bonds is 7. The van der Waals surface area contributed by atoms with Gasteiger partial charge in [0.25, 0.3) is 0 Å². The molecule has 2 aliphatic carbocycles. The van der Waals surface area contributed by atoms with Crippen molar-refractivity contribution in [1.82, 2.24) is 35.2 Å². The Morgan fingerprint density at radius 2 is 1.76 bits per heavy atom. The quantitative estimate of drug-likeness (QED) is 0.543. The second-order valence-corrected chi connectivity index (χ2v) is 12.8. The molecule has 2 aromatic heterocycles. The predicted octanol–water partition coefficient (Wildman–Crippen LogP) is 2.72. The fourth-order valence-electron chi connectivity index (χ4n) is 7.13. The lowest BCUT2D eigenvalue weighted by atomic mass is 9.67. The molecule has 4 aliphatic rings. The van der Waals surface area contributed by atoms with E-state index >= 15 is 0 Å². The minimum Gasteiger partial charge on any atom is -0.355 e. The Morgan fingerprint density at radius 3 is 2.50 bits per heavy atom. The number of carbonyl (C=O) groups is 1. The molecule has 2 aliphatic heterocycles. The SMILES string of the molecule is CN1CCN([C@@H](C(=O)Nc2nnc(N[C@@H]3CCN(c4cncnn4)C3)s2)C2CCC3(CCCC3)CC2)CC1. The van der Waals surface area contributed by atoms with Crippen molar-refractivity contribution in [3.8, 4) is 0 Å². The molecule has 206 valence electrons. The van der Waals surface area contributed by atoms with Crippen LogP contribution in [0.3, 0.4) is 0 Å². The van der Waals surface area contributed by atoms with Crippen molar-refractivity contribution in [2.45, 2.75) is 69.9 Å². The van der Waals surface area contributed by atoms with Crippen LogP contribution in [0.5, 0.6) is 0 Å². The summed E-state index contributed by atoms with van der Waals surface area (Å²) in [6.07, 6.45) is 14.6. The Morgan fingerprint density at radius 1 is 1.00 bits per heavy atom. The minimum absolute atomic E-state index is 0.0896. The van der Waals surface area contributed by atoms with E-state index in [-0.39, 0.29) is 18.0 Å². The van der Waals surface area contributed by atoms with Crippen LogP contribution >= 0.6 is 11.3 Å². The maximum atomic E-state index is 13.8.